The maximum absolute atomic E-state index is 11.5. The van der Waals surface area contributed by atoms with E-state index >= 15 is 0 Å². The van der Waals surface area contributed by atoms with E-state index in [0.717, 1.165) is 19.5 Å². The number of nitrogens with zero attached hydrogens (tertiary/aromatic N) is 1. The van der Waals surface area contributed by atoms with Gasteiger partial charge in [0.15, 0.2) is 0 Å². The highest BCUT2D eigenvalue weighted by molar-refractivity contribution is 5.77. The van der Waals surface area contributed by atoms with Crippen LogP contribution in [-0.2, 0) is 9.53 Å². The van der Waals surface area contributed by atoms with Crippen molar-refractivity contribution in [3.05, 3.63) is 0 Å². The highest BCUT2D eigenvalue weighted by atomic mass is 16.5. The maximum Gasteiger partial charge on any atom is 0.246 e. The highest BCUT2D eigenvalue weighted by Crippen LogP contribution is 2.08. The van der Waals surface area contributed by atoms with Crippen molar-refractivity contribution in [3.8, 4) is 0 Å². The van der Waals surface area contributed by atoms with E-state index in [0.29, 0.717) is 6.04 Å². The molecule has 1 heterocycles. The molecule has 0 bridgehead atoms. The van der Waals surface area contributed by atoms with Gasteiger partial charge < -0.3 is 15.0 Å². The van der Waals surface area contributed by atoms with E-state index in [1.807, 2.05) is 20.8 Å². The zero-order valence-electron chi connectivity index (χ0n) is 10.2. The SMILES string of the molecule is CN1CCC(NC(=O)COC(C)(C)C)C1. The Morgan fingerprint density at radius 3 is 2.67 bits per heavy atom. The third kappa shape index (κ3) is 5.14. The zero-order chi connectivity index (χ0) is 11.5. The van der Waals surface area contributed by atoms with Crippen LogP contribution < -0.4 is 5.32 Å². The Labute approximate surface area is 92.0 Å². The maximum atomic E-state index is 11.5. The second kappa shape index (κ2) is 4.94. The average Bonchev–Trinajstić information content (AvgIpc) is 2.47. The summed E-state index contributed by atoms with van der Waals surface area (Å²) in [7, 11) is 2.07. The van der Waals surface area contributed by atoms with Crippen molar-refractivity contribution in [3.63, 3.8) is 0 Å². The molecule has 1 amide bonds. The Kier molecular flexibility index (Phi) is 4.11. The molecule has 0 aromatic heterocycles. The van der Waals surface area contributed by atoms with Crippen LogP contribution in [0.5, 0.6) is 0 Å². The standard InChI is InChI=1S/C11H22N2O2/c1-11(2,3)15-8-10(14)12-9-5-6-13(4)7-9/h9H,5-8H2,1-4H3,(H,12,14). The topological polar surface area (TPSA) is 41.6 Å². The number of amides is 1. The predicted octanol–water partition coefficient (Wildman–Crippen LogP) is 0.622. The smallest absolute Gasteiger partial charge is 0.246 e. The first kappa shape index (κ1) is 12.5. The van der Waals surface area contributed by atoms with Crippen molar-refractivity contribution in [2.75, 3.05) is 26.7 Å². The molecule has 1 rings (SSSR count). The summed E-state index contributed by atoms with van der Waals surface area (Å²) in [6.45, 7) is 8.01. The van der Waals surface area contributed by atoms with Crippen LogP contribution in [0, 0.1) is 0 Å². The first-order chi connectivity index (χ1) is 6.87. The molecule has 1 fully saturated rings. The summed E-state index contributed by atoms with van der Waals surface area (Å²) < 4.78 is 5.40. The number of likely N-dealkylation sites (N-methyl/N-ethyl adjacent to an activating group) is 1. The molecule has 1 aliphatic rings. The van der Waals surface area contributed by atoms with Crippen molar-refractivity contribution in [2.45, 2.75) is 38.8 Å². The molecule has 0 aromatic rings. The molecule has 15 heavy (non-hydrogen) atoms. The fraction of sp³-hybridized carbons (Fsp3) is 0.909. The van der Waals surface area contributed by atoms with Gasteiger partial charge in [-0.2, -0.15) is 0 Å². The summed E-state index contributed by atoms with van der Waals surface area (Å²) in [5, 5.41) is 2.98. The van der Waals surface area contributed by atoms with Gasteiger partial charge >= 0.3 is 0 Å². The molecule has 0 aromatic carbocycles. The van der Waals surface area contributed by atoms with E-state index in [4.69, 9.17) is 4.74 Å². The van der Waals surface area contributed by atoms with Crippen LogP contribution >= 0.6 is 0 Å². The number of ether oxygens (including phenoxy) is 1. The third-order valence-corrected chi connectivity index (χ3v) is 2.39. The molecule has 1 saturated heterocycles. The van der Waals surface area contributed by atoms with E-state index in [1.54, 1.807) is 0 Å². The van der Waals surface area contributed by atoms with Crippen molar-refractivity contribution in [1.29, 1.82) is 0 Å². The van der Waals surface area contributed by atoms with Gasteiger partial charge in [-0.1, -0.05) is 0 Å². The van der Waals surface area contributed by atoms with Crippen LogP contribution in [0.1, 0.15) is 27.2 Å². The Balaban J connectivity index is 2.19. The summed E-state index contributed by atoms with van der Waals surface area (Å²) >= 11 is 0. The lowest BCUT2D eigenvalue weighted by molar-refractivity contribution is -0.131. The normalized spacial score (nSPS) is 23.1. The number of nitrogens with one attached hydrogen (secondary N) is 1. The van der Waals surface area contributed by atoms with E-state index in [2.05, 4.69) is 17.3 Å². The third-order valence-electron chi connectivity index (χ3n) is 2.39. The first-order valence-electron chi connectivity index (χ1n) is 5.49. The molecule has 4 nitrogen and oxygen atoms in total. The van der Waals surface area contributed by atoms with E-state index in [1.165, 1.54) is 0 Å². The zero-order valence-corrected chi connectivity index (χ0v) is 10.2. The molecule has 0 spiro atoms. The summed E-state index contributed by atoms with van der Waals surface area (Å²) in [5.41, 5.74) is -0.246. The summed E-state index contributed by atoms with van der Waals surface area (Å²) in [6.07, 6.45) is 1.04. The minimum atomic E-state index is -0.246. The molecule has 1 aliphatic heterocycles. The molecular formula is C11H22N2O2. The minimum absolute atomic E-state index is 0.00905. The van der Waals surface area contributed by atoms with Gasteiger partial charge in [0.1, 0.15) is 6.61 Å². The van der Waals surface area contributed by atoms with Crippen LogP contribution in [0.2, 0.25) is 0 Å². The Bertz CT molecular complexity index is 223. The monoisotopic (exact) mass is 214 g/mol. The average molecular weight is 214 g/mol. The number of likely N-dealkylation sites (tertiary alicyclic amines) is 1. The second-order valence-corrected chi connectivity index (χ2v) is 5.22. The van der Waals surface area contributed by atoms with E-state index in [9.17, 15) is 4.79 Å². The Hall–Kier alpha value is -0.610. The van der Waals surface area contributed by atoms with E-state index in [-0.39, 0.29) is 18.1 Å². The number of rotatable bonds is 3. The van der Waals surface area contributed by atoms with Crippen LogP contribution in [0.15, 0.2) is 0 Å². The highest BCUT2D eigenvalue weighted by Gasteiger charge is 2.21. The van der Waals surface area contributed by atoms with Gasteiger partial charge in [0.05, 0.1) is 5.60 Å². The lowest BCUT2D eigenvalue weighted by Gasteiger charge is -2.20. The number of hydrogen-bond donors (Lipinski definition) is 1. The van der Waals surface area contributed by atoms with Crippen LogP contribution in [0.4, 0.5) is 0 Å². The Morgan fingerprint density at radius 1 is 1.53 bits per heavy atom. The van der Waals surface area contributed by atoms with Crippen LogP contribution in [-0.4, -0.2) is 49.2 Å². The molecule has 1 unspecified atom stereocenters. The number of carbonyl (C=O) groups excluding carboxylic acids is 1. The lowest BCUT2D eigenvalue weighted by atomic mass is 10.2. The molecule has 4 heteroatoms. The van der Waals surface area contributed by atoms with Gasteiger partial charge in [0.2, 0.25) is 5.91 Å². The number of carbonyl (C=O) groups is 1. The van der Waals surface area contributed by atoms with Gasteiger partial charge in [-0.05, 0) is 40.8 Å². The summed E-state index contributed by atoms with van der Waals surface area (Å²) in [6, 6.07) is 0.297. The van der Waals surface area contributed by atoms with E-state index < -0.39 is 0 Å². The number of hydrogen-bond acceptors (Lipinski definition) is 3. The fourth-order valence-electron chi connectivity index (χ4n) is 1.60. The molecule has 0 radical (unpaired) electrons. The van der Waals surface area contributed by atoms with Gasteiger partial charge in [0, 0.05) is 12.6 Å². The summed E-state index contributed by atoms with van der Waals surface area (Å²) in [5.74, 6) is -0.00905. The second-order valence-electron chi connectivity index (χ2n) is 5.22. The van der Waals surface area contributed by atoms with Crippen LogP contribution in [0.3, 0.4) is 0 Å². The molecule has 88 valence electrons. The van der Waals surface area contributed by atoms with Gasteiger partial charge in [-0.25, -0.2) is 0 Å². The Morgan fingerprint density at radius 2 is 2.20 bits per heavy atom. The summed E-state index contributed by atoms with van der Waals surface area (Å²) in [4.78, 5) is 13.7. The molecule has 0 aliphatic carbocycles. The van der Waals surface area contributed by atoms with Crippen molar-refractivity contribution in [2.24, 2.45) is 0 Å². The molecule has 1 atom stereocenters. The largest absolute Gasteiger partial charge is 0.366 e. The minimum Gasteiger partial charge on any atom is -0.366 e. The van der Waals surface area contributed by atoms with Crippen molar-refractivity contribution in [1.82, 2.24) is 10.2 Å². The molecular weight excluding hydrogens is 192 g/mol. The van der Waals surface area contributed by atoms with Gasteiger partial charge in [-0.15, -0.1) is 0 Å². The predicted molar refractivity (Wildman–Crippen MR) is 59.7 cm³/mol. The van der Waals surface area contributed by atoms with Crippen molar-refractivity contribution < 1.29 is 9.53 Å². The van der Waals surface area contributed by atoms with Gasteiger partial charge in [0.25, 0.3) is 0 Å². The fourth-order valence-corrected chi connectivity index (χ4v) is 1.60. The van der Waals surface area contributed by atoms with Crippen molar-refractivity contribution >= 4 is 5.91 Å². The molecule has 0 saturated carbocycles. The quantitative estimate of drug-likeness (QED) is 0.749. The molecule has 1 N–H and O–H groups in total. The first-order valence-corrected chi connectivity index (χ1v) is 5.49. The lowest BCUT2D eigenvalue weighted by Crippen LogP contribution is -2.40. The van der Waals surface area contributed by atoms with Gasteiger partial charge in [-0.3, -0.25) is 4.79 Å². The van der Waals surface area contributed by atoms with Crippen LogP contribution in [0.25, 0.3) is 0 Å².